The molecule has 2 N–H and O–H groups in total. The zero-order valence-electron chi connectivity index (χ0n) is 12.4. The fourth-order valence-corrected chi connectivity index (χ4v) is 2.47. The van der Waals surface area contributed by atoms with Crippen molar-refractivity contribution in [2.24, 2.45) is 0 Å². The Morgan fingerprint density at radius 1 is 1.20 bits per heavy atom. The average molecular weight is 286 g/mol. The zero-order valence-corrected chi connectivity index (χ0v) is 12.4. The first-order valence-corrected chi connectivity index (χ1v) is 7.44. The Morgan fingerprint density at radius 3 is 2.20 bits per heavy atom. The Bertz CT molecular complexity index is 327. The van der Waals surface area contributed by atoms with E-state index < -0.39 is 5.97 Å². The van der Waals surface area contributed by atoms with Gasteiger partial charge in [0, 0.05) is 25.2 Å². The first-order valence-electron chi connectivity index (χ1n) is 7.44. The van der Waals surface area contributed by atoms with Crippen LogP contribution in [-0.2, 0) is 4.79 Å². The molecule has 116 valence electrons. The van der Waals surface area contributed by atoms with Gasteiger partial charge in [0.15, 0.2) is 0 Å². The molecule has 1 aliphatic carbocycles. The molecule has 20 heavy (non-hydrogen) atoms. The van der Waals surface area contributed by atoms with Crippen molar-refractivity contribution in [3.05, 3.63) is 0 Å². The van der Waals surface area contributed by atoms with Gasteiger partial charge in [-0.05, 0) is 25.7 Å². The largest absolute Gasteiger partial charge is 0.481 e. The molecule has 0 bridgehead atoms. The summed E-state index contributed by atoms with van der Waals surface area (Å²) in [6.45, 7) is 4.52. The molecule has 0 saturated heterocycles. The van der Waals surface area contributed by atoms with Crippen LogP contribution in [0, 0.1) is 0 Å². The minimum Gasteiger partial charge on any atom is -0.481 e. The number of aliphatic carboxylic acids is 1. The van der Waals surface area contributed by atoms with Gasteiger partial charge in [-0.25, -0.2) is 4.79 Å². The standard InChI is InChI=1S/C14H26N2O4/c1-3-11(4-2)16(9-10-17)14(20)15(12-5-6-12)8-7-13(18)19/h11-12,17H,3-10H2,1-2H3,(H,18,19). The number of hydrogen-bond acceptors (Lipinski definition) is 3. The maximum absolute atomic E-state index is 12.6. The molecule has 0 unspecified atom stereocenters. The highest BCUT2D eigenvalue weighted by Crippen LogP contribution is 2.28. The molecule has 0 aliphatic heterocycles. The van der Waals surface area contributed by atoms with E-state index in [1.54, 1.807) is 9.80 Å². The molecule has 6 nitrogen and oxygen atoms in total. The topological polar surface area (TPSA) is 81.1 Å². The van der Waals surface area contributed by atoms with Crippen LogP contribution in [0.25, 0.3) is 0 Å². The van der Waals surface area contributed by atoms with Gasteiger partial charge in [-0.3, -0.25) is 4.79 Å². The van der Waals surface area contributed by atoms with Gasteiger partial charge in [0.05, 0.1) is 13.0 Å². The number of carbonyl (C=O) groups is 2. The number of carbonyl (C=O) groups excluding carboxylic acids is 1. The summed E-state index contributed by atoms with van der Waals surface area (Å²) in [7, 11) is 0. The van der Waals surface area contributed by atoms with Crippen LogP contribution in [0.15, 0.2) is 0 Å². The van der Waals surface area contributed by atoms with Crippen LogP contribution in [0.2, 0.25) is 0 Å². The molecule has 1 aliphatic rings. The lowest BCUT2D eigenvalue weighted by atomic mass is 10.1. The first kappa shape index (κ1) is 16.8. The third-order valence-electron chi connectivity index (χ3n) is 3.77. The Labute approximate surface area is 120 Å². The van der Waals surface area contributed by atoms with Gasteiger partial charge >= 0.3 is 12.0 Å². The molecular weight excluding hydrogens is 260 g/mol. The first-order chi connectivity index (χ1) is 9.54. The van der Waals surface area contributed by atoms with Crippen LogP contribution in [-0.4, -0.2) is 63.8 Å². The smallest absolute Gasteiger partial charge is 0.320 e. The number of carboxylic acid groups (broad SMARTS) is 1. The number of amides is 2. The summed E-state index contributed by atoms with van der Waals surface area (Å²) >= 11 is 0. The fourth-order valence-electron chi connectivity index (χ4n) is 2.47. The van der Waals surface area contributed by atoms with Gasteiger partial charge in [0.1, 0.15) is 0 Å². The number of nitrogens with zero attached hydrogens (tertiary/aromatic N) is 2. The lowest BCUT2D eigenvalue weighted by molar-refractivity contribution is -0.137. The Hall–Kier alpha value is -1.30. The summed E-state index contributed by atoms with van der Waals surface area (Å²) in [6, 6.07) is 0.148. The molecule has 0 aromatic rings. The second-order valence-corrected chi connectivity index (χ2v) is 5.24. The van der Waals surface area contributed by atoms with Gasteiger partial charge in [-0.15, -0.1) is 0 Å². The van der Waals surface area contributed by atoms with Gasteiger partial charge in [0.2, 0.25) is 0 Å². The van der Waals surface area contributed by atoms with Crippen molar-refractivity contribution in [2.75, 3.05) is 19.7 Å². The zero-order chi connectivity index (χ0) is 15.1. The van der Waals surface area contributed by atoms with Crippen LogP contribution < -0.4 is 0 Å². The van der Waals surface area contributed by atoms with E-state index in [0.717, 1.165) is 25.7 Å². The Morgan fingerprint density at radius 2 is 1.80 bits per heavy atom. The molecule has 0 heterocycles. The monoisotopic (exact) mass is 286 g/mol. The number of urea groups is 1. The summed E-state index contributed by atoms with van der Waals surface area (Å²) in [5, 5.41) is 18.0. The predicted octanol–water partition coefficient (Wildman–Crippen LogP) is 1.53. The molecule has 1 rings (SSSR count). The number of rotatable bonds is 9. The highest BCUT2D eigenvalue weighted by atomic mass is 16.4. The van der Waals surface area contributed by atoms with E-state index in [-0.39, 0.29) is 37.7 Å². The Balaban J connectivity index is 2.74. The fraction of sp³-hybridized carbons (Fsp3) is 0.857. The number of aliphatic hydroxyl groups is 1. The number of carboxylic acids is 1. The highest BCUT2D eigenvalue weighted by Gasteiger charge is 2.36. The molecular formula is C14H26N2O4. The molecule has 1 fully saturated rings. The Kier molecular flexibility index (Phi) is 6.78. The van der Waals surface area contributed by atoms with E-state index in [4.69, 9.17) is 5.11 Å². The van der Waals surface area contributed by atoms with E-state index in [2.05, 4.69) is 0 Å². The molecule has 0 aromatic heterocycles. The van der Waals surface area contributed by atoms with Crippen molar-refractivity contribution in [3.63, 3.8) is 0 Å². The van der Waals surface area contributed by atoms with Gasteiger partial charge in [-0.1, -0.05) is 13.8 Å². The molecule has 0 aromatic carbocycles. The summed E-state index contributed by atoms with van der Waals surface area (Å²) in [6.07, 6.45) is 3.53. The maximum Gasteiger partial charge on any atom is 0.320 e. The van der Waals surface area contributed by atoms with Crippen molar-refractivity contribution < 1.29 is 19.8 Å². The minimum atomic E-state index is -0.889. The van der Waals surface area contributed by atoms with Crippen LogP contribution in [0.5, 0.6) is 0 Å². The van der Waals surface area contributed by atoms with E-state index in [0.29, 0.717) is 6.54 Å². The summed E-state index contributed by atoms with van der Waals surface area (Å²) in [5.74, 6) is -0.889. The van der Waals surface area contributed by atoms with Gasteiger partial charge in [0.25, 0.3) is 0 Å². The molecule has 0 atom stereocenters. The minimum absolute atomic E-state index is 0.0296. The lowest BCUT2D eigenvalue weighted by Crippen LogP contribution is -2.50. The quantitative estimate of drug-likeness (QED) is 0.673. The van der Waals surface area contributed by atoms with E-state index in [1.807, 2.05) is 13.8 Å². The third kappa shape index (κ3) is 4.67. The van der Waals surface area contributed by atoms with E-state index in [9.17, 15) is 14.7 Å². The van der Waals surface area contributed by atoms with Gasteiger partial charge in [-0.2, -0.15) is 0 Å². The van der Waals surface area contributed by atoms with Crippen molar-refractivity contribution in [3.8, 4) is 0 Å². The van der Waals surface area contributed by atoms with E-state index >= 15 is 0 Å². The van der Waals surface area contributed by atoms with Crippen LogP contribution in [0.4, 0.5) is 4.79 Å². The second-order valence-electron chi connectivity index (χ2n) is 5.24. The second kappa shape index (κ2) is 8.09. The van der Waals surface area contributed by atoms with E-state index in [1.165, 1.54) is 0 Å². The van der Waals surface area contributed by atoms with Crippen molar-refractivity contribution in [1.29, 1.82) is 0 Å². The SMILES string of the molecule is CCC(CC)N(CCO)C(=O)N(CCC(=O)O)C1CC1. The van der Waals surface area contributed by atoms with Crippen molar-refractivity contribution in [1.82, 2.24) is 9.80 Å². The molecule has 2 amide bonds. The number of hydrogen-bond donors (Lipinski definition) is 2. The average Bonchev–Trinajstić information content (AvgIpc) is 3.23. The van der Waals surface area contributed by atoms with Crippen LogP contribution in [0.3, 0.4) is 0 Å². The molecule has 1 saturated carbocycles. The van der Waals surface area contributed by atoms with Crippen LogP contribution >= 0.6 is 0 Å². The lowest BCUT2D eigenvalue weighted by Gasteiger charge is -2.35. The number of aliphatic hydroxyl groups excluding tert-OH is 1. The molecule has 0 spiro atoms. The van der Waals surface area contributed by atoms with Crippen LogP contribution in [0.1, 0.15) is 46.0 Å². The summed E-state index contributed by atoms with van der Waals surface area (Å²) in [4.78, 5) is 26.7. The maximum atomic E-state index is 12.6. The molecule has 0 radical (unpaired) electrons. The van der Waals surface area contributed by atoms with Gasteiger partial charge < -0.3 is 20.0 Å². The summed E-state index contributed by atoms with van der Waals surface area (Å²) < 4.78 is 0. The third-order valence-corrected chi connectivity index (χ3v) is 3.77. The molecule has 6 heteroatoms. The van der Waals surface area contributed by atoms with Crippen molar-refractivity contribution in [2.45, 2.75) is 58.0 Å². The predicted molar refractivity (Wildman–Crippen MR) is 75.5 cm³/mol. The summed E-state index contributed by atoms with van der Waals surface area (Å²) in [5.41, 5.74) is 0. The van der Waals surface area contributed by atoms with Crippen molar-refractivity contribution >= 4 is 12.0 Å². The highest BCUT2D eigenvalue weighted by molar-refractivity contribution is 5.76. The normalized spacial score (nSPS) is 14.4.